The molecule has 1 amide bonds. The molecule has 0 unspecified atom stereocenters. The standard InChI is InChI=1S/C8H9BrN2O4S/c1-3(2)15-8(14)11-5-4(6(12)13)10-7(9)16-5/h3H,1-2H3,(H,11,14)(H,12,13). The summed E-state index contributed by atoms with van der Waals surface area (Å²) in [5.74, 6) is -1.21. The quantitative estimate of drug-likeness (QED) is 0.896. The fraction of sp³-hybridized carbons (Fsp3) is 0.375. The van der Waals surface area contributed by atoms with E-state index >= 15 is 0 Å². The topological polar surface area (TPSA) is 88.5 Å². The Morgan fingerprint density at radius 1 is 1.56 bits per heavy atom. The van der Waals surface area contributed by atoms with Crippen molar-refractivity contribution in [2.24, 2.45) is 0 Å². The normalized spacial score (nSPS) is 10.2. The van der Waals surface area contributed by atoms with Crippen LogP contribution in [0, 0.1) is 0 Å². The smallest absolute Gasteiger partial charge is 0.412 e. The van der Waals surface area contributed by atoms with Crippen molar-refractivity contribution >= 4 is 44.3 Å². The second kappa shape index (κ2) is 5.26. The van der Waals surface area contributed by atoms with Gasteiger partial charge in [-0.05, 0) is 29.8 Å². The van der Waals surface area contributed by atoms with E-state index in [1.54, 1.807) is 13.8 Å². The van der Waals surface area contributed by atoms with Crippen LogP contribution in [0.2, 0.25) is 0 Å². The molecule has 0 bridgehead atoms. The number of carboxylic acid groups (broad SMARTS) is 1. The lowest BCUT2D eigenvalue weighted by molar-refractivity contribution is 0.0692. The van der Waals surface area contributed by atoms with Gasteiger partial charge < -0.3 is 9.84 Å². The predicted octanol–water partition coefficient (Wildman–Crippen LogP) is 2.56. The van der Waals surface area contributed by atoms with E-state index < -0.39 is 12.1 Å². The van der Waals surface area contributed by atoms with E-state index in [1.165, 1.54) is 0 Å². The monoisotopic (exact) mass is 308 g/mol. The third kappa shape index (κ3) is 3.46. The van der Waals surface area contributed by atoms with Crippen LogP contribution in [0.25, 0.3) is 0 Å². The van der Waals surface area contributed by atoms with Crippen molar-refractivity contribution in [3.63, 3.8) is 0 Å². The molecule has 0 radical (unpaired) electrons. The second-order valence-electron chi connectivity index (χ2n) is 3.03. The van der Waals surface area contributed by atoms with E-state index in [0.717, 1.165) is 11.3 Å². The number of carbonyl (C=O) groups is 2. The van der Waals surface area contributed by atoms with Gasteiger partial charge in [-0.15, -0.1) is 0 Å². The highest BCUT2D eigenvalue weighted by molar-refractivity contribution is 9.11. The molecule has 1 aromatic heterocycles. The lowest BCUT2D eigenvalue weighted by Gasteiger charge is -2.07. The molecule has 0 aromatic carbocycles. The SMILES string of the molecule is CC(C)OC(=O)Nc1sc(Br)nc1C(=O)O. The lowest BCUT2D eigenvalue weighted by atomic mass is 10.4. The Bertz CT molecular complexity index is 418. The summed E-state index contributed by atoms with van der Waals surface area (Å²) in [4.78, 5) is 25.7. The number of aromatic nitrogens is 1. The van der Waals surface area contributed by atoms with Crippen molar-refractivity contribution in [1.82, 2.24) is 4.98 Å². The summed E-state index contributed by atoms with van der Waals surface area (Å²) < 4.78 is 5.20. The fourth-order valence-corrected chi connectivity index (χ4v) is 2.19. The van der Waals surface area contributed by atoms with E-state index in [-0.39, 0.29) is 16.8 Å². The Morgan fingerprint density at radius 2 is 2.19 bits per heavy atom. The van der Waals surface area contributed by atoms with E-state index in [1.807, 2.05) is 0 Å². The minimum atomic E-state index is -1.21. The van der Waals surface area contributed by atoms with Crippen LogP contribution in [-0.4, -0.2) is 28.3 Å². The van der Waals surface area contributed by atoms with Crippen molar-refractivity contribution in [3.05, 3.63) is 9.61 Å². The Kier molecular flexibility index (Phi) is 4.25. The molecule has 8 heteroatoms. The Balaban J connectivity index is 2.80. The van der Waals surface area contributed by atoms with Crippen LogP contribution in [-0.2, 0) is 4.74 Å². The molecule has 0 aliphatic carbocycles. The zero-order valence-electron chi connectivity index (χ0n) is 8.48. The summed E-state index contributed by atoms with van der Waals surface area (Å²) in [6, 6.07) is 0. The largest absolute Gasteiger partial charge is 0.476 e. The zero-order valence-corrected chi connectivity index (χ0v) is 10.9. The highest BCUT2D eigenvalue weighted by Gasteiger charge is 2.19. The van der Waals surface area contributed by atoms with Gasteiger partial charge in [0.15, 0.2) is 9.61 Å². The van der Waals surface area contributed by atoms with Gasteiger partial charge in [0.1, 0.15) is 5.00 Å². The number of nitrogens with one attached hydrogen (secondary N) is 1. The molecule has 1 rings (SSSR count). The molecule has 0 saturated carbocycles. The highest BCUT2D eigenvalue weighted by atomic mass is 79.9. The molecule has 16 heavy (non-hydrogen) atoms. The number of amides is 1. The maximum absolute atomic E-state index is 11.2. The number of rotatable bonds is 3. The third-order valence-corrected chi connectivity index (χ3v) is 2.78. The number of thiazole rings is 1. The summed E-state index contributed by atoms with van der Waals surface area (Å²) in [5.41, 5.74) is -0.211. The molecular formula is C8H9BrN2O4S. The first-order valence-electron chi connectivity index (χ1n) is 4.27. The van der Waals surface area contributed by atoms with Gasteiger partial charge in [-0.2, -0.15) is 0 Å². The molecule has 88 valence electrons. The number of ether oxygens (including phenoxy) is 1. The summed E-state index contributed by atoms with van der Waals surface area (Å²) in [6.07, 6.45) is -0.974. The van der Waals surface area contributed by atoms with Gasteiger partial charge in [-0.25, -0.2) is 14.6 Å². The first kappa shape index (κ1) is 12.9. The van der Waals surface area contributed by atoms with E-state index in [0.29, 0.717) is 3.92 Å². The summed E-state index contributed by atoms with van der Waals surface area (Å²) in [5, 5.41) is 11.3. The number of halogens is 1. The van der Waals surface area contributed by atoms with Crippen LogP contribution in [0.4, 0.5) is 9.80 Å². The van der Waals surface area contributed by atoms with Crippen molar-refractivity contribution < 1.29 is 19.4 Å². The number of hydrogen-bond acceptors (Lipinski definition) is 5. The van der Waals surface area contributed by atoms with Crippen molar-refractivity contribution in [2.45, 2.75) is 20.0 Å². The first-order chi connectivity index (χ1) is 7.40. The van der Waals surface area contributed by atoms with E-state index in [2.05, 4.69) is 26.2 Å². The average molecular weight is 309 g/mol. The highest BCUT2D eigenvalue weighted by Crippen LogP contribution is 2.28. The van der Waals surface area contributed by atoms with Gasteiger partial charge in [0.05, 0.1) is 6.10 Å². The summed E-state index contributed by atoms with van der Waals surface area (Å²) in [6.45, 7) is 3.39. The van der Waals surface area contributed by atoms with Gasteiger partial charge >= 0.3 is 12.1 Å². The molecule has 6 nitrogen and oxygen atoms in total. The van der Waals surface area contributed by atoms with Crippen molar-refractivity contribution in [2.75, 3.05) is 5.32 Å². The van der Waals surface area contributed by atoms with Gasteiger partial charge in [0, 0.05) is 0 Å². The van der Waals surface area contributed by atoms with Gasteiger partial charge in [-0.3, -0.25) is 5.32 Å². The minimum Gasteiger partial charge on any atom is -0.476 e. The minimum absolute atomic E-state index is 0.144. The Morgan fingerprint density at radius 3 is 2.69 bits per heavy atom. The zero-order chi connectivity index (χ0) is 12.3. The molecule has 0 atom stereocenters. The van der Waals surface area contributed by atoms with Crippen LogP contribution in [0.15, 0.2) is 3.92 Å². The lowest BCUT2D eigenvalue weighted by Crippen LogP contribution is -2.18. The molecular weight excluding hydrogens is 300 g/mol. The number of nitrogens with zero attached hydrogens (tertiary/aromatic N) is 1. The van der Waals surface area contributed by atoms with Crippen LogP contribution in [0.3, 0.4) is 0 Å². The molecule has 0 aliphatic rings. The Labute approximate surface area is 104 Å². The molecule has 2 N–H and O–H groups in total. The molecule has 0 aliphatic heterocycles. The van der Waals surface area contributed by atoms with Gasteiger partial charge in [0.25, 0.3) is 0 Å². The number of hydrogen-bond donors (Lipinski definition) is 2. The second-order valence-corrected chi connectivity index (χ2v) is 5.30. The molecule has 1 aromatic rings. The molecule has 0 spiro atoms. The van der Waals surface area contributed by atoms with Gasteiger partial charge in [-0.1, -0.05) is 11.3 Å². The van der Waals surface area contributed by atoms with Crippen molar-refractivity contribution in [1.29, 1.82) is 0 Å². The number of anilines is 1. The summed E-state index contributed by atoms with van der Waals surface area (Å²) in [7, 11) is 0. The maximum Gasteiger partial charge on any atom is 0.412 e. The molecule has 0 fully saturated rings. The predicted molar refractivity (Wildman–Crippen MR) is 62.0 cm³/mol. The number of carbonyl (C=O) groups excluding carboxylic acids is 1. The van der Waals surface area contributed by atoms with Crippen LogP contribution in [0.1, 0.15) is 24.3 Å². The van der Waals surface area contributed by atoms with Crippen LogP contribution < -0.4 is 5.32 Å². The maximum atomic E-state index is 11.2. The third-order valence-electron chi connectivity index (χ3n) is 1.36. The average Bonchev–Trinajstić information content (AvgIpc) is 2.44. The number of carboxylic acids is 1. The van der Waals surface area contributed by atoms with Gasteiger partial charge in [0.2, 0.25) is 0 Å². The fourth-order valence-electron chi connectivity index (χ4n) is 0.860. The van der Waals surface area contributed by atoms with E-state index in [9.17, 15) is 9.59 Å². The van der Waals surface area contributed by atoms with Crippen molar-refractivity contribution in [3.8, 4) is 0 Å². The molecule has 1 heterocycles. The number of aromatic carboxylic acids is 1. The van der Waals surface area contributed by atoms with Crippen LogP contribution >= 0.6 is 27.3 Å². The van der Waals surface area contributed by atoms with E-state index in [4.69, 9.17) is 9.84 Å². The van der Waals surface area contributed by atoms with Crippen LogP contribution in [0.5, 0.6) is 0 Å². The molecule has 0 saturated heterocycles. The summed E-state index contributed by atoms with van der Waals surface area (Å²) >= 11 is 4.05. The Hall–Kier alpha value is -1.15. The first-order valence-corrected chi connectivity index (χ1v) is 5.88.